The molecule has 0 spiro atoms. The maximum absolute atomic E-state index is 14.2. The van der Waals surface area contributed by atoms with Crippen LogP contribution in [0.2, 0.25) is 0 Å². The molecule has 4 N–H and O–H groups in total. The van der Waals surface area contributed by atoms with Crippen molar-refractivity contribution in [2.24, 2.45) is 17.8 Å². The first-order valence-electron chi connectivity index (χ1n) is 19.7. The largest absolute Gasteiger partial charge is 0.379 e. The second-order valence-electron chi connectivity index (χ2n) is 15.4. The Morgan fingerprint density at radius 3 is 2.15 bits per heavy atom. The minimum Gasteiger partial charge on any atom is -0.379 e. The van der Waals surface area contributed by atoms with Gasteiger partial charge in [-0.2, -0.15) is 0 Å². The van der Waals surface area contributed by atoms with Crippen molar-refractivity contribution in [2.75, 3.05) is 47.4 Å². The molecule has 0 unspecified atom stereocenters. The highest BCUT2D eigenvalue weighted by Gasteiger charge is 2.43. The van der Waals surface area contributed by atoms with Gasteiger partial charge in [-0.1, -0.05) is 77.8 Å². The summed E-state index contributed by atoms with van der Waals surface area (Å²) in [7, 11) is 4.78. The van der Waals surface area contributed by atoms with Crippen molar-refractivity contribution in [3.05, 3.63) is 35.9 Å². The molecule has 2 aliphatic rings. The number of hydrogen-bond donors (Lipinski definition) is 4. The normalized spacial score (nSPS) is 20.3. The van der Waals surface area contributed by atoms with E-state index in [0.717, 1.165) is 37.9 Å². The Hall–Kier alpha value is -3.59. The number of carbonyl (C=O) groups is 5. The summed E-state index contributed by atoms with van der Waals surface area (Å²) in [5.41, 5.74) is 2.46. The Morgan fingerprint density at radius 2 is 1.57 bits per heavy atom. The highest BCUT2D eigenvalue weighted by Crippen LogP contribution is 2.30. The number of likely N-dealkylation sites (N-methyl/N-ethyl adjacent to an activating group) is 1. The number of amides is 5. The van der Waals surface area contributed by atoms with Crippen molar-refractivity contribution in [3.63, 3.8) is 0 Å². The van der Waals surface area contributed by atoms with Crippen LogP contribution in [0.1, 0.15) is 85.1 Å². The first-order valence-corrected chi connectivity index (χ1v) is 19.7. The number of nitrogens with zero attached hydrogens (tertiary/aromatic N) is 3. The summed E-state index contributed by atoms with van der Waals surface area (Å²) in [6.45, 7) is 12.1. The number of benzene rings is 1. The molecule has 0 aliphatic carbocycles. The fraction of sp³-hybridized carbons (Fsp3) is 0.725. The van der Waals surface area contributed by atoms with Gasteiger partial charge in [0.1, 0.15) is 12.1 Å². The zero-order valence-corrected chi connectivity index (χ0v) is 33.7. The van der Waals surface area contributed by atoms with Crippen LogP contribution in [0.15, 0.2) is 30.3 Å². The highest BCUT2D eigenvalue weighted by molar-refractivity contribution is 5.89. The van der Waals surface area contributed by atoms with Gasteiger partial charge in [-0.15, -0.1) is 0 Å². The number of likely N-dealkylation sites (tertiary alicyclic amines) is 2. The molecule has 2 fully saturated rings. The summed E-state index contributed by atoms with van der Waals surface area (Å²) in [4.78, 5) is 73.1. The highest BCUT2D eigenvalue weighted by atomic mass is 16.5. The second-order valence-corrected chi connectivity index (χ2v) is 15.4. The number of methoxy groups -OCH3 is 2. The van der Waals surface area contributed by atoms with Crippen LogP contribution in [0.25, 0.3) is 0 Å². The zero-order chi connectivity index (χ0) is 39.9. The number of ether oxygens (including phenoxy) is 2. The molecule has 0 saturated carbocycles. The third-order valence-electron chi connectivity index (χ3n) is 11.3. The van der Waals surface area contributed by atoms with Crippen LogP contribution in [0.4, 0.5) is 0 Å². The van der Waals surface area contributed by atoms with Crippen molar-refractivity contribution in [2.45, 2.75) is 122 Å². The molecule has 0 bridgehead atoms. The van der Waals surface area contributed by atoms with Crippen LogP contribution in [0, 0.1) is 17.8 Å². The van der Waals surface area contributed by atoms with E-state index in [0.29, 0.717) is 19.4 Å². The average Bonchev–Trinajstić information content (AvgIpc) is 3.66. The van der Waals surface area contributed by atoms with Gasteiger partial charge in [-0.3, -0.25) is 34.1 Å². The van der Waals surface area contributed by atoms with E-state index in [-0.39, 0.29) is 48.9 Å². The van der Waals surface area contributed by atoms with Crippen molar-refractivity contribution in [3.8, 4) is 0 Å². The fourth-order valence-corrected chi connectivity index (χ4v) is 8.02. The van der Waals surface area contributed by atoms with Gasteiger partial charge in [0, 0.05) is 34.2 Å². The summed E-state index contributed by atoms with van der Waals surface area (Å²) in [6, 6.07) is 6.54. The molecule has 14 heteroatoms. The molecule has 5 amide bonds. The second kappa shape index (κ2) is 22.1. The Balaban J connectivity index is 1.74. The van der Waals surface area contributed by atoms with Gasteiger partial charge in [-0.25, -0.2) is 5.48 Å². The number of hydroxylamine groups is 1. The maximum atomic E-state index is 14.2. The molecule has 2 saturated heterocycles. The third kappa shape index (κ3) is 12.2. The van der Waals surface area contributed by atoms with Crippen LogP contribution >= 0.6 is 0 Å². The molecule has 8 atom stereocenters. The van der Waals surface area contributed by atoms with E-state index in [2.05, 4.69) is 15.5 Å². The summed E-state index contributed by atoms with van der Waals surface area (Å²) in [5, 5.41) is 15.1. The molecule has 0 aromatic heterocycles. The predicted molar refractivity (Wildman–Crippen MR) is 205 cm³/mol. The monoisotopic (exact) mass is 758 g/mol. The first-order chi connectivity index (χ1) is 25.8. The van der Waals surface area contributed by atoms with Gasteiger partial charge in [0.2, 0.25) is 23.6 Å². The lowest BCUT2D eigenvalue weighted by Gasteiger charge is -2.41. The van der Waals surface area contributed by atoms with E-state index in [1.54, 1.807) is 36.4 Å². The lowest BCUT2D eigenvalue weighted by Crippen LogP contribution is -2.58. The smallest absolute Gasteiger partial charge is 0.266 e. The molecular formula is C40H66N6O8. The minimum absolute atomic E-state index is 0.000123. The summed E-state index contributed by atoms with van der Waals surface area (Å²) < 4.78 is 11.9. The van der Waals surface area contributed by atoms with Crippen molar-refractivity contribution in [1.29, 1.82) is 0 Å². The summed E-state index contributed by atoms with van der Waals surface area (Å²) in [5.74, 6) is -2.69. The van der Waals surface area contributed by atoms with Gasteiger partial charge in [0.25, 0.3) is 5.91 Å². The van der Waals surface area contributed by atoms with E-state index in [1.165, 1.54) is 13.5 Å². The van der Waals surface area contributed by atoms with E-state index in [4.69, 9.17) is 9.47 Å². The number of nitrogens with one attached hydrogen (secondary N) is 3. The molecule has 1 aromatic carbocycles. The standard InChI is InChI=1S/C40H66N6O8/c1-9-27(4)36(44(6)40(51)35(26(2)3)42-33(47)25-45-20-14-11-15-21-45)32(53-7)24-34(48)46-22-16-19-31(46)37(54-8)28(5)38(49)41-30(39(50)43-52)23-29-17-12-10-13-18-29/h10,12-13,17-18,26-28,30-32,35-37,52H,9,11,14-16,19-25H2,1-8H3,(H,41,49)(H,42,47)(H,43,50)/t27-,28+,30-,31-,32+,35-,36-,37+/m0/s1. The van der Waals surface area contributed by atoms with Crippen LogP contribution in [-0.4, -0.2) is 133 Å². The van der Waals surface area contributed by atoms with Gasteiger partial charge >= 0.3 is 0 Å². The van der Waals surface area contributed by atoms with Crippen LogP contribution < -0.4 is 16.1 Å². The van der Waals surface area contributed by atoms with Gasteiger partial charge < -0.3 is 29.9 Å². The van der Waals surface area contributed by atoms with Gasteiger partial charge in [0.15, 0.2) is 0 Å². The average molecular weight is 759 g/mol. The topological polar surface area (TPSA) is 170 Å². The van der Waals surface area contributed by atoms with Crippen LogP contribution in [0.3, 0.4) is 0 Å². The maximum Gasteiger partial charge on any atom is 0.266 e. The van der Waals surface area contributed by atoms with Crippen LogP contribution in [-0.2, 0) is 39.9 Å². The SMILES string of the molecule is CC[C@H](C)[C@@H]([C@@H](CC(=O)N1CCC[C@H]1[C@H](OC)[C@@H](C)C(=O)N[C@@H](Cc1ccccc1)C(=O)NO)OC)N(C)C(=O)[C@@H](NC(=O)CN1CCCCC1)C(C)C. The van der Waals surface area contributed by atoms with Gasteiger partial charge in [-0.05, 0) is 56.2 Å². The van der Waals surface area contributed by atoms with E-state index in [1.807, 2.05) is 58.0 Å². The predicted octanol–water partition coefficient (Wildman–Crippen LogP) is 2.77. The first kappa shape index (κ1) is 44.8. The van der Waals surface area contributed by atoms with Crippen molar-refractivity contribution < 1.29 is 38.7 Å². The molecule has 2 aliphatic heterocycles. The van der Waals surface area contributed by atoms with Crippen molar-refractivity contribution in [1.82, 2.24) is 30.8 Å². The molecular weight excluding hydrogens is 692 g/mol. The number of rotatable bonds is 20. The van der Waals surface area contributed by atoms with E-state index < -0.39 is 54.1 Å². The van der Waals surface area contributed by atoms with Crippen molar-refractivity contribution >= 4 is 29.5 Å². The lowest BCUT2D eigenvalue weighted by atomic mass is 9.89. The Kier molecular flexibility index (Phi) is 18.3. The number of piperidine rings is 1. The Bertz CT molecular complexity index is 1360. The van der Waals surface area contributed by atoms with Crippen LogP contribution in [0.5, 0.6) is 0 Å². The molecule has 14 nitrogen and oxygen atoms in total. The minimum atomic E-state index is -1.02. The quantitative estimate of drug-likeness (QED) is 0.115. The molecule has 0 radical (unpaired) electrons. The molecule has 1 aromatic rings. The summed E-state index contributed by atoms with van der Waals surface area (Å²) in [6.07, 6.45) is 4.21. The molecule has 54 heavy (non-hydrogen) atoms. The lowest BCUT2D eigenvalue weighted by molar-refractivity contribution is -0.148. The molecule has 304 valence electrons. The number of hydrogen-bond acceptors (Lipinski definition) is 9. The third-order valence-corrected chi connectivity index (χ3v) is 11.3. The van der Waals surface area contributed by atoms with E-state index >= 15 is 0 Å². The summed E-state index contributed by atoms with van der Waals surface area (Å²) >= 11 is 0. The number of carbonyl (C=O) groups excluding carboxylic acids is 5. The molecule has 3 rings (SSSR count). The zero-order valence-electron chi connectivity index (χ0n) is 33.7. The fourth-order valence-electron chi connectivity index (χ4n) is 8.02. The molecule has 2 heterocycles. The van der Waals surface area contributed by atoms with E-state index in [9.17, 15) is 29.2 Å². The Labute approximate surface area is 322 Å². The van der Waals surface area contributed by atoms with Gasteiger partial charge in [0.05, 0.1) is 43.2 Å². The Morgan fingerprint density at radius 1 is 0.907 bits per heavy atom.